The third-order valence-corrected chi connectivity index (χ3v) is 5.14. The highest BCUT2D eigenvalue weighted by atomic mass is 35.5. The lowest BCUT2D eigenvalue weighted by molar-refractivity contribution is 0.0675. The zero-order valence-corrected chi connectivity index (χ0v) is 15.6. The van der Waals surface area contributed by atoms with Gasteiger partial charge in [0.1, 0.15) is 5.69 Å². The molecule has 1 aliphatic rings. The van der Waals surface area contributed by atoms with Gasteiger partial charge in [-0.3, -0.25) is 4.79 Å². The van der Waals surface area contributed by atoms with Gasteiger partial charge < -0.3 is 10.6 Å². The van der Waals surface area contributed by atoms with Gasteiger partial charge >= 0.3 is 0 Å². The molecule has 3 rings (SSSR count). The van der Waals surface area contributed by atoms with Gasteiger partial charge in [0.15, 0.2) is 5.82 Å². The largest absolute Gasteiger partial charge is 0.337 e. The first-order chi connectivity index (χ1) is 11.9. The summed E-state index contributed by atoms with van der Waals surface area (Å²) in [6.45, 7) is 7.28. The molecule has 1 unspecified atom stereocenters. The lowest BCUT2D eigenvalue weighted by Gasteiger charge is -2.33. The first-order valence-electron chi connectivity index (χ1n) is 8.62. The minimum atomic E-state index is -0.128. The molecule has 0 aromatic carbocycles. The van der Waals surface area contributed by atoms with Crippen LogP contribution in [0.1, 0.15) is 41.6 Å². The van der Waals surface area contributed by atoms with E-state index in [1.54, 1.807) is 16.8 Å². The molecule has 3 heterocycles. The van der Waals surface area contributed by atoms with Crippen molar-refractivity contribution in [3.8, 4) is 5.82 Å². The van der Waals surface area contributed by atoms with Crippen LogP contribution in [0.3, 0.4) is 0 Å². The van der Waals surface area contributed by atoms with Crippen LogP contribution in [0.5, 0.6) is 0 Å². The number of carbonyl (C=O) groups excluding carboxylic acids is 1. The Morgan fingerprint density at radius 3 is 2.56 bits per heavy atom. The molecule has 0 bridgehead atoms. The summed E-state index contributed by atoms with van der Waals surface area (Å²) in [6.07, 6.45) is 1.83. The Balaban J connectivity index is 1.83. The van der Waals surface area contributed by atoms with E-state index in [9.17, 15) is 4.79 Å². The molecule has 25 heavy (non-hydrogen) atoms. The standard InChI is InChI=1S/C18H24ClN5O/c1-11-10-12(2)24(22-11)16-5-4-15(19)17(21-16)18(25)23-8-6-14(7-9-23)13(3)20/h4-5,10,13-14H,6-9,20H2,1-3H3. The van der Waals surface area contributed by atoms with E-state index in [-0.39, 0.29) is 17.6 Å². The number of amides is 1. The topological polar surface area (TPSA) is 77.0 Å². The molecule has 0 saturated carbocycles. The minimum absolute atomic E-state index is 0.128. The number of halogens is 1. The van der Waals surface area contributed by atoms with Crippen LogP contribution in [0.4, 0.5) is 0 Å². The normalized spacial score (nSPS) is 16.9. The lowest BCUT2D eigenvalue weighted by Crippen LogP contribution is -2.42. The maximum Gasteiger partial charge on any atom is 0.274 e. The quantitative estimate of drug-likeness (QED) is 0.911. The second-order valence-electron chi connectivity index (χ2n) is 6.83. The molecule has 134 valence electrons. The number of nitrogens with two attached hydrogens (primary N) is 1. The Bertz CT molecular complexity index is 778. The first-order valence-corrected chi connectivity index (χ1v) is 8.99. The molecule has 2 aromatic heterocycles. The van der Waals surface area contributed by atoms with E-state index >= 15 is 0 Å². The van der Waals surface area contributed by atoms with Crippen LogP contribution in [0.2, 0.25) is 5.02 Å². The van der Waals surface area contributed by atoms with E-state index in [4.69, 9.17) is 17.3 Å². The summed E-state index contributed by atoms with van der Waals surface area (Å²) in [5, 5.41) is 4.79. The molecule has 2 N–H and O–H groups in total. The number of likely N-dealkylation sites (tertiary alicyclic amines) is 1. The fraction of sp³-hybridized carbons (Fsp3) is 0.500. The van der Waals surface area contributed by atoms with Crippen LogP contribution in [0.15, 0.2) is 18.2 Å². The summed E-state index contributed by atoms with van der Waals surface area (Å²) < 4.78 is 1.73. The average Bonchev–Trinajstić information content (AvgIpc) is 2.93. The van der Waals surface area contributed by atoms with Crippen molar-refractivity contribution in [2.45, 2.75) is 39.7 Å². The summed E-state index contributed by atoms with van der Waals surface area (Å²) in [4.78, 5) is 19.2. The number of hydrogen-bond acceptors (Lipinski definition) is 4. The van der Waals surface area contributed by atoms with Crippen LogP contribution >= 0.6 is 11.6 Å². The Morgan fingerprint density at radius 1 is 1.32 bits per heavy atom. The highest BCUT2D eigenvalue weighted by Gasteiger charge is 2.27. The Hall–Kier alpha value is -1.92. The van der Waals surface area contributed by atoms with Gasteiger partial charge in [-0.1, -0.05) is 11.6 Å². The third-order valence-electron chi connectivity index (χ3n) is 4.83. The van der Waals surface area contributed by atoms with E-state index in [2.05, 4.69) is 10.1 Å². The summed E-state index contributed by atoms with van der Waals surface area (Å²) in [5.41, 5.74) is 8.13. The number of aromatic nitrogens is 3. The van der Waals surface area contributed by atoms with Crippen LogP contribution in [0.25, 0.3) is 5.82 Å². The van der Waals surface area contributed by atoms with E-state index in [0.717, 1.165) is 24.2 Å². The van der Waals surface area contributed by atoms with Crippen molar-refractivity contribution in [1.29, 1.82) is 0 Å². The predicted molar refractivity (Wildman–Crippen MR) is 98.1 cm³/mol. The van der Waals surface area contributed by atoms with Crippen molar-refractivity contribution in [2.75, 3.05) is 13.1 Å². The van der Waals surface area contributed by atoms with E-state index in [1.165, 1.54) is 0 Å². The minimum Gasteiger partial charge on any atom is -0.337 e. The number of aryl methyl sites for hydroxylation is 2. The smallest absolute Gasteiger partial charge is 0.274 e. The number of pyridine rings is 1. The summed E-state index contributed by atoms with van der Waals surface area (Å²) >= 11 is 6.26. The summed E-state index contributed by atoms with van der Waals surface area (Å²) in [5.74, 6) is 0.939. The Kier molecular flexibility index (Phi) is 5.11. The summed E-state index contributed by atoms with van der Waals surface area (Å²) in [6, 6.07) is 5.62. The molecule has 1 amide bonds. The van der Waals surface area contributed by atoms with Crippen LogP contribution in [-0.4, -0.2) is 44.7 Å². The maximum atomic E-state index is 12.9. The van der Waals surface area contributed by atoms with Crippen molar-refractivity contribution in [2.24, 2.45) is 11.7 Å². The van der Waals surface area contributed by atoms with Gasteiger partial charge in [0.25, 0.3) is 5.91 Å². The lowest BCUT2D eigenvalue weighted by atomic mass is 9.91. The predicted octanol–water partition coefficient (Wildman–Crippen LogP) is 2.74. The molecule has 0 aliphatic carbocycles. The van der Waals surface area contributed by atoms with Gasteiger partial charge in [0, 0.05) is 24.8 Å². The average molecular weight is 362 g/mol. The fourth-order valence-corrected chi connectivity index (χ4v) is 3.52. The molecule has 1 atom stereocenters. The van der Waals surface area contributed by atoms with Crippen molar-refractivity contribution >= 4 is 17.5 Å². The Morgan fingerprint density at radius 2 is 2.00 bits per heavy atom. The van der Waals surface area contributed by atoms with Crippen molar-refractivity contribution < 1.29 is 4.79 Å². The number of hydrogen-bond donors (Lipinski definition) is 1. The molecule has 7 heteroatoms. The molecular formula is C18H24ClN5O. The number of nitrogens with zero attached hydrogens (tertiary/aromatic N) is 4. The highest BCUT2D eigenvalue weighted by Crippen LogP contribution is 2.24. The first kappa shape index (κ1) is 17.9. The van der Waals surface area contributed by atoms with Gasteiger partial charge in [-0.2, -0.15) is 5.10 Å². The third kappa shape index (κ3) is 3.70. The van der Waals surface area contributed by atoms with Gasteiger partial charge in [0.2, 0.25) is 0 Å². The number of rotatable bonds is 3. The van der Waals surface area contributed by atoms with Crippen LogP contribution < -0.4 is 5.73 Å². The van der Waals surface area contributed by atoms with Crippen molar-refractivity contribution in [3.05, 3.63) is 40.3 Å². The molecule has 1 fully saturated rings. The van der Waals surface area contributed by atoms with Crippen LogP contribution in [-0.2, 0) is 0 Å². The fourth-order valence-electron chi connectivity index (χ4n) is 3.34. The van der Waals surface area contributed by atoms with Gasteiger partial charge in [-0.05, 0) is 57.7 Å². The SMILES string of the molecule is Cc1cc(C)n(-c2ccc(Cl)c(C(=O)N3CCC(C(C)N)CC3)n2)n1. The molecule has 2 aromatic rings. The van der Waals surface area contributed by atoms with Crippen LogP contribution in [0, 0.1) is 19.8 Å². The van der Waals surface area contributed by atoms with Gasteiger partial charge in [0.05, 0.1) is 10.7 Å². The van der Waals surface area contributed by atoms with Gasteiger partial charge in [-0.15, -0.1) is 0 Å². The van der Waals surface area contributed by atoms with E-state index in [0.29, 0.717) is 29.8 Å². The number of piperidine rings is 1. The van der Waals surface area contributed by atoms with Crippen molar-refractivity contribution in [1.82, 2.24) is 19.7 Å². The van der Waals surface area contributed by atoms with Crippen molar-refractivity contribution in [3.63, 3.8) is 0 Å². The molecule has 6 nitrogen and oxygen atoms in total. The molecule has 1 saturated heterocycles. The van der Waals surface area contributed by atoms with E-state index < -0.39 is 0 Å². The van der Waals surface area contributed by atoms with E-state index in [1.807, 2.05) is 31.7 Å². The zero-order valence-electron chi connectivity index (χ0n) is 14.9. The number of carbonyl (C=O) groups is 1. The van der Waals surface area contributed by atoms with Gasteiger partial charge in [-0.25, -0.2) is 9.67 Å². The molecular weight excluding hydrogens is 338 g/mol. The second kappa shape index (κ2) is 7.14. The highest BCUT2D eigenvalue weighted by molar-refractivity contribution is 6.33. The Labute approximate surface area is 153 Å². The second-order valence-corrected chi connectivity index (χ2v) is 7.23. The molecule has 0 radical (unpaired) electrons. The maximum absolute atomic E-state index is 12.9. The molecule has 0 spiro atoms. The molecule has 1 aliphatic heterocycles. The monoisotopic (exact) mass is 361 g/mol. The zero-order chi connectivity index (χ0) is 18.1. The summed E-state index contributed by atoms with van der Waals surface area (Å²) in [7, 11) is 0.